The van der Waals surface area contributed by atoms with Gasteiger partial charge in [0.25, 0.3) is 5.91 Å². The third-order valence-corrected chi connectivity index (χ3v) is 7.78. The highest BCUT2D eigenvalue weighted by molar-refractivity contribution is 6.04. The number of nitrogens with one attached hydrogen (secondary N) is 3. The van der Waals surface area contributed by atoms with Gasteiger partial charge in [-0.3, -0.25) is 19.2 Å². The number of H-pyrrole nitrogens is 1. The van der Waals surface area contributed by atoms with Crippen molar-refractivity contribution in [3.63, 3.8) is 0 Å². The van der Waals surface area contributed by atoms with Crippen molar-refractivity contribution in [2.24, 2.45) is 0 Å². The van der Waals surface area contributed by atoms with Gasteiger partial charge in [0.05, 0.1) is 34.9 Å². The van der Waals surface area contributed by atoms with E-state index >= 15 is 4.39 Å². The van der Waals surface area contributed by atoms with Crippen molar-refractivity contribution in [2.45, 2.75) is 19.6 Å². The quantitative estimate of drug-likeness (QED) is 0.166. The number of likely N-dealkylation sites (N-methyl/N-ethyl adjacent to an activating group) is 1. The molecule has 4 heterocycles. The molecule has 1 aliphatic rings. The number of halogens is 4. The molecule has 0 saturated carbocycles. The minimum absolute atomic E-state index is 0.0675. The van der Waals surface area contributed by atoms with Crippen LogP contribution in [0, 0.1) is 24.6 Å². The van der Waals surface area contributed by atoms with Crippen LogP contribution in [0.15, 0.2) is 67.3 Å². The van der Waals surface area contributed by atoms with Gasteiger partial charge in [0.15, 0.2) is 5.65 Å². The second kappa shape index (κ2) is 12.7. The first-order valence-corrected chi connectivity index (χ1v) is 14.5. The number of carbonyl (C=O) groups is 1. The molecule has 0 unspecified atom stereocenters. The van der Waals surface area contributed by atoms with Gasteiger partial charge in [-0.15, -0.1) is 0 Å². The van der Waals surface area contributed by atoms with Crippen LogP contribution < -0.4 is 10.6 Å². The maximum atomic E-state index is 15.1. The number of piperazine rings is 1. The van der Waals surface area contributed by atoms with Crippen molar-refractivity contribution >= 4 is 28.6 Å². The summed E-state index contributed by atoms with van der Waals surface area (Å²) in [5.74, 6) is 4.34. The Morgan fingerprint density at radius 2 is 1.85 bits per heavy atom. The zero-order valence-corrected chi connectivity index (χ0v) is 25.0. The molecule has 13 heteroatoms. The minimum atomic E-state index is -4.62. The summed E-state index contributed by atoms with van der Waals surface area (Å²) < 4.78 is 58.2. The first kappa shape index (κ1) is 30.8. The Balaban J connectivity index is 1.25. The van der Waals surface area contributed by atoms with Crippen LogP contribution in [0.2, 0.25) is 0 Å². The number of anilines is 3. The number of fused-ring (bicyclic) bond motifs is 1. The number of pyridine rings is 1. The first-order valence-electron chi connectivity index (χ1n) is 14.5. The predicted octanol–water partition coefficient (Wildman–Crippen LogP) is 5.67. The van der Waals surface area contributed by atoms with Crippen LogP contribution in [-0.4, -0.2) is 68.5 Å². The van der Waals surface area contributed by atoms with Crippen LogP contribution in [0.4, 0.5) is 34.6 Å². The molecule has 1 aliphatic heterocycles. The Bertz CT molecular complexity index is 1950. The number of amides is 1. The van der Waals surface area contributed by atoms with E-state index in [1.807, 2.05) is 19.2 Å². The second-order valence-corrected chi connectivity index (χ2v) is 11.2. The molecule has 1 fully saturated rings. The van der Waals surface area contributed by atoms with E-state index in [1.165, 1.54) is 18.2 Å². The van der Waals surface area contributed by atoms with Crippen molar-refractivity contribution in [1.82, 2.24) is 29.4 Å². The summed E-state index contributed by atoms with van der Waals surface area (Å²) in [5.41, 5.74) is 2.65. The number of imidazole rings is 1. The monoisotopic (exact) mass is 630 g/mol. The number of aromatic amines is 1. The smallest absolute Gasteiger partial charge is 0.350 e. The highest BCUT2D eigenvalue weighted by atomic mass is 19.4. The fourth-order valence-electron chi connectivity index (χ4n) is 5.27. The molecule has 0 spiro atoms. The lowest BCUT2D eigenvalue weighted by Crippen LogP contribution is -2.43. The Labute approximate surface area is 262 Å². The number of alkyl halides is 3. The Kier molecular flexibility index (Phi) is 8.48. The van der Waals surface area contributed by atoms with Gasteiger partial charge in [-0.25, -0.2) is 9.37 Å². The minimum Gasteiger partial charge on any atom is -0.350 e. The third-order valence-electron chi connectivity index (χ3n) is 7.78. The maximum absolute atomic E-state index is 15.1. The van der Waals surface area contributed by atoms with E-state index in [4.69, 9.17) is 0 Å². The lowest BCUT2D eigenvalue weighted by atomic mass is 10.0. The molecule has 0 bridgehead atoms. The number of aromatic nitrogens is 4. The Hall–Kier alpha value is -5.19. The largest absolute Gasteiger partial charge is 0.416 e. The molecule has 9 nitrogen and oxygen atoms in total. The normalized spacial score (nSPS) is 14.2. The molecule has 46 heavy (non-hydrogen) atoms. The topological polar surface area (TPSA) is 93.6 Å². The maximum Gasteiger partial charge on any atom is 0.416 e. The van der Waals surface area contributed by atoms with E-state index in [2.05, 4.69) is 47.5 Å². The van der Waals surface area contributed by atoms with E-state index in [-0.39, 0.29) is 11.3 Å². The van der Waals surface area contributed by atoms with E-state index in [1.54, 1.807) is 36.1 Å². The average Bonchev–Trinajstić information content (AvgIpc) is 3.68. The summed E-state index contributed by atoms with van der Waals surface area (Å²) in [6.45, 7) is 5.00. The molecule has 0 aliphatic carbocycles. The molecule has 3 aromatic heterocycles. The molecule has 1 amide bonds. The van der Waals surface area contributed by atoms with Crippen LogP contribution in [0.25, 0.3) is 5.65 Å². The zero-order valence-electron chi connectivity index (χ0n) is 25.0. The van der Waals surface area contributed by atoms with Crippen LogP contribution in [0.3, 0.4) is 0 Å². The summed E-state index contributed by atoms with van der Waals surface area (Å²) in [5, 5.41) is 12.4. The van der Waals surface area contributed by atoms with Gasteiger partial charge in [-0.1, -0.05) is 5.92 Å². The van der Waals surface area contributed by atoms with Gasteiger partial charge in [0, 0.05) is 56.4 Å². The molecule has 0 atom stereocenters. The van der Waals surface area contributed by atoms with Crippen LogP contribution in [0.5, 0.6) is 0 Å². The van der Waals surface area contributed by atoms with Crippen molar-refractivity contribution < 1.29 is 22.4 Å². The van der Waals surface area contributed by atoms with Gasteiger partial charge < -0.3 is 15.5 Å². The Morgan fingerprint density at radius 1 is 1.04 bits per heavy atom. The van der Waals surface area contributed by atoms with Crippen molar-refractivity contribution in [3.8, 4) is 11.8 Å². The van der Waals surface area contributed by atoms with Gasteiger partial charge >= 0.3 is 6.18 Å². The summed E-state index contributed by atoms with van der Waals surface area (Å²) in [4.78, 5) is 21.9. The SMILES string of the molecule is Cc1cc(F)c(C(=O)Nc2cc(CN3CCN(C)CC3)cc(C(F)(F)F)c2)cc1C#Cc1cnc2c(Nc3cn[nH]c3)cccn12. The standard InChI is InChI=1S/C33H30F4N8O/c1-21-12-29(34)28(15-23(21)5-6-27-19-38-31-30(4-3-7-45(27)31)41-26-17-39-40-18-26)32(46)42-25-14-22(13-24(16-25)33(35,36)37)20-44-10-8-43(2)9-11-44/h3-4,7,12-19,41H,8-11,20H2,1-2H3,(H,39,40)(H,42,46). The highest BCUT2D eigenvalue weighted by Gasteiger charge is 2.32. The summed E-state index contributed by atoms with van der Waals surface area (Å²) in [7, 11) is 1.99. The van der Waals surface area contributed by atoms with Crippen LogP contribution in [0.1, 0.15) is 38.3 Å². The summed E-state index contributed by atoms with van der Waals surface area (Å²) >= 11 is 0. The molecule has 0 radical (unpaired) electrons. The van der Waals surface area contributed by atoms with E-state index < -0.39 is 23.5 Å². The van der Waals surface area contributed by atoms with Gasteiger partial charge in [0.2, 0.25) is 0 Å². The van der Waals surface area contributed by atoms with Crippen LogP contribution in [-0.2, 0) is 12.7 Å². The third kappa shape index (κ3) is 6.88. The molecular weight excluding hydrogens is 600 g/mol. The molecule has 2 aromatic carbocycles. The molecule has 3 N–H and O–H groups in total. The van der Waals surface area contributed by atoms with E-state index in [9.17, 15) is 18.0 Å². The number of hydrogen-bond acceptors (Lipinski definition) is 6. The zero-order chi connectivity index (χ0) is 32.4. The molecule has 236 valence electrons. The lowest BCUT2D eigenvalue weighted by Gasteiger charge is -2.32. The van der Waals surface area contributed by atoms with E-state index in [0.29, 0.717) is 47.7 Å². The fourth-order valence-corrected chi connectivity index (χ4v) is 5.27. The number of benzene rings is 2. The summed E-state index contributed by atoms with van der Waals surface area (Å²) in [6, 6.07) is 9.63. The fraction of sp³-hybridized carbons (Fsp3) is 0.242. The van der Waals surface area contributed by atoms with Crippen LogP contribution >= 0.6 is 0 Å². The average molecular weight is 631 g/mol. The number of carbonyl (C=O) groups excluding carboxylic acids is 1. The number of hydrogen-bond donors (Lipinski definition) is 3. The summed E-state index contributed by atoms with van der Waals surface area (Å²) in [6.07, 6.45) is 2.12. The molecule has 1 saturated heterocycles. The van der Waals surface area contributed by atoms with Crippen molar-refractivity contribution in [3.05, 3.63) is 107 Å². The van der Waals surface area contributed by atoms with Gasteiger partial charge in [0.1, 0.15) is 11.5 Å². The van der Waals surface area contributed by atoms with E-state index in [0.717, 1.165) is 36.6 Å². The first-order chi connectivity index (χ1) is 22.0. The highest BCUT2D eigenvalue weighted by Crippen LogP contribution is 2.33. The number of nitrogens with zero attached hydrogens (tertiary/aromatic N) is 5. The number of rotatable bonds is 6. The van der Waals surface area contributed by atoms with Gasteiger partial charge in [-0.2, -0.15) is 18.3 Å². The molecular formula is C33H30F4N8O. The molecule has 6 rings (SSSR count). The van der Waals surface area contributed by atoms with Gasteiger partial charge in [-0.05, 0) is 73.5 Å². The van der Waals surface area contributed by atoms with Crippen molar-refractivity contribution in [1.29, 1.82) is 0 Å². The lowest BCUT2D eigenvalue weighted by molar-refractivity contribution is -0.137. The predicted molar refractivity (Wildman–Crippen MR) is 166 cm³/mol. The molecule has 5 aromatic rings. The Morgan fingerprint density at radius 3 is 2.59 bits per heavy atom. The second-order valence-electron chi connectivity index (χ2n) is 11.2. The van der Waals surface area contributed by atoms with Crippen molar-refractivity contribution in [2.75, 3.05) is 43.9 Å². The number of aryl methyl sites for hydroxylation is 1.